The van der Waals surface area contributed by atoms with E-state index in [0.29, 0.717) is 18.4 Å². The van der Waals surface area contributed by atoms with Gasteiger partial charge in [-0.3, -0.25) is 0 Å². The van der Waals surface area contributed by atoms with E-state index in [0.717, 1.165) is 19.5 Å². The highest BCUT2D eigenvalue weighted by Gasteiger charge is 2.19. The van der Waals surface area contributed by atoms with Gasteiger partial charge in [0.2, 0.25) is 0 Å². The third kappa shape index (κ3) is 2.45. The summed E-state index contributed by atoms with van der Waals surface area (Å²) in [5.74, 6) is 1.20. The number of rotatable bonds is 1. The van der Waals surface area contributed by atoms with Gasteiger partial charge < -0.3 is 10.4 Å². The molecule has 3 heteroatoms. The lowest BCUT2D eigenvalue weighted by molar-refractivity contribution is 0.153. The Labute approximate surface area is 68.4 Å². The van der Waals surface area contributed by atoms with Crippen molar-refractivity contribution in [3.05, 3.63) is 0 Å². The lowest BCUT2D eigenvalue weighted by Crippen LogP contribution is -2.36. The zero-order valence-electron chi connectivity index (χ0n) is 6.34. The van der Waals surface area contributed by atoms with Crippen LogP contribution in [0.3, 0.4) is 0 Å². The van der Waals surface area contributed by atoms with Crippen LogP contribution in [0.1, 0.15) is 13.3 Å². The van der Waals surface area contributed by atoms with Crippen LogP contribution in [0.4, 0.5) is 0 Å². The molecule has 0 unspecified atom stereocenters. The van der Waals surface area contributed by atoms with Crippen LogP contribution in [0, 0.1) is 11.8 Å². The number of aliphatic hydroxyl groups excluding tert-OH is 1. The lowest BCUT2D eigenvalue weighted by atomic mass is 9.89. The van der Waals surface area contributed by atoms with Crippen LogP contribution in [0.25, 0.3) is 0 Å². The fourth-order valence-corrected chi connectivity index (χ4v) is 1.34. The van der Waals surface area contributed by atoms with E-state index in [1.165, 1.54) is 0 Å². The quantitative estimate of drug-likeness (QED) is 0.598. The first kappa shape index (κ1) is 10.2. The molecule has 1 rings (SSSR count). The third-order valence-corrected chi connectivity index (χ3v) is 2.20. The van der Waals surface area contributed by atoms with Crippen molar-refractivity contribution < 1.29 is 5.11 Å². The highest BCUT2D eigenvalue weighted by atomic mass is 35.5. The molecule has 1 aliphatic rings. The summed E-state index contributed by atoms with van der Waals surface area (Å²) in [5, 5.41) is 12.1. The zero-order chi connectivity index (χ0) is 6.69. The van der Waals surface area contributed by atoms with Crippen LogP contribution in [0.15, 0.2) is 0 Å². The van der Waals surface area contributed by atoms with Gasteiger partial charge >= 0.3 is 0 Å². The molecule has 0 aromatic rings. The van der Waals surface area contributed by atoms with Crippen LogP contribution >= 0.6 is 12.4 Å². The molecule has 1 aliphatic heterocycles. The molecule has 0 spiro atoms. The normalized spacial score (nSPS) is 33.0. The van der Waals surface area contributed by atoms with Crippen molar-refractivity contribution in [2.75, 3.05) is 19.7 Å². The van der Waals surface area contributed by atoms with Crippen molar-refractivity contribution in [1.82, 2.24) is 5.32 Å². The Morgan fingerprint density at radius 1 is 1.60 bits per heavy atom. The number of halogens is 1. The second-order valence-electron chi connectivity index (χ2n) is 2.91. The molecule has 10 heavy (non-hydrogen) atoms. The molecule has 0 aromatic carbocycles. The van der Waals surface area contributed by atoms with E-state index in [9.17, 15) is 0 Å². The van der Waals surface area contributed by atoms with Gasteiger partial charge in [-0.05, 0) is 31.3 Å². The third-order valence-electron chi connectivity index (χ3n) is 2.20. The van der Waals surface area contributed by atoms with Gasteiger partial charge in [0.15, 0.2) is 0 Å². The van der Waals surface area contributed by atoms with Crippen LogP contribution in [0.2, 0.25) is 0 Å². The summed E-state index contributed by atoms with van der Waals surface area (Å²) in [4.78, 5) is 0. The van der Waals surface area contributed by atoms with E-state index >= 15 is 0 Å². The summed E-state index contributed by atoms with van der Waals surface area (Å²) in [5.41, 5.74) is 0. The first-order valence-electron chi connectivity index (χ1n) is 3.66. The van der Waals surface area contributed by atoms with E-state index < -0.39 is 0 Å². The van der Waals surface area contributed by atoms with Crippen molar-refractivity contribution in [3.63, 3.8) is 0 Å². The summed E-state index contributed by atoms with van der Waals surface area (Å²) in [6, 6.07) is 0. The van der Waals surface area contributed by atoms with Crippen molar-refractivity contribution in [1.29, 1.82) is 0 Å². The van der Waals surface area contributed by atoms with Crippen molar-refractivity contribution in [3.8, 4) is 0 Å². The number of hydrogen-bond donors (Lipinski definition) is 2. The van der Waals surface area contributed by atoms with E-state index in [-0.39, 0.29) is 12.4 Å². The fraction of sp³-hybridized carbons (Fsp3) is 1.00. The zero-order valence-corrected chi connectivity index (χ0v) is 7.16. The second-order valence-corrected chi connectivity index (χ2v) is 2.91. The summed E-state index contributed by atoms with van der Waals surface area (Å²) in [6.45, 7) is 4.71. The maximum Gasteiger partial charge on any atom is 0.0462 e. The predicted octanol–water partition coefficient (Wildman–Crippen LogP) is 0.646. The molecule has 62 valence electrons. The van der Waals surface area contributed by atoms with Gasteiger partial charge in [0.05, 0.1) is 0 Å². The Hall–Kier alpha value is 0.210. The van der Waals surface area contributed by atoms with Crippen molar-refractivity contribution in [2.45, 2.75) is 13.3 Å². The minimum Gasteiger partial charge on any atom is -0.396 e. The Bertz CT molecular complexity index is 89.7. The van der Waals surface area contributed by atoms with E-state index in [2.05, 4.69) is 12.2 Å². The lowest BCUT2D eigenvalue weighted by Gasteiger charge is -2.27. The average Bonchev–Trinajstić information content (AvgIpc) is 1.89. The maximum atomic E-state index is 8.83. The summed E-state index contributed by atoms with van der Waals surface area (Å²) >= 11 is 0. The smallest absolute Gasteiger partial charge is 0.0462 e. The van der Waals surface area contributed by atoms with E-state index in [4.69, 9.17) is 5.11 Å². The average molecular weight is 166 g/mol. The fourth-order valence-electron chi connectivity index (χ4n) is 1.34. The van der Waals surface area contributed by atoms with Gasteiger partial charge in [-0.25, -0.2) is 0 Å². The van der Waals surface area contributed by atoms with Gasteiger partial charge in [-0.15, -0.1) is 12.4 Å². The predicted molar refractivity (Wildman–Crippen MR) is 44.5 cm³/mol. The molecule has 1 saturated heterocycles. The standard InChI is InChI=1S/C7H15NO.ClH/c1-6-4-8-3-2-7(6)5-9;/h6-9H,2-5H2,1H3;1H/t6-,7+;/m1./s1. The second kappa shape index (κ2) is 4.94. The molecule has 2 N–H and O–H groups in total. The van der Waals surface area contributed by atoms with Crippen LogP contribution in [-0.4, -0.2) is 24.8 Å². The summed E-state index contributed by atoms with van der Waals surface area (Å²) < 4.78 is 0. The molecule has 0 saturated carbocycles. The molecule has 2 atom stereocenters. The van der Waals surface area contributed by atoms with Gasteiger partial charge in [0.25, 0.3) is 0 Å². The molecular formula is C7H16ClNO. The van der Waals surface area contributed by atoms with Gasteiger partial charge in [0, 0.05) is 6.61 Å². The van der Waals surface area contributed by atoms with E-state index in [1.807, 2.05) is 0 Å². The topological polar surface area (TPSA) is 32.3 Å². The van der Waals surface area contributed by atoms with Crippen molar-refractivity contribution in [2.24, 2.45) is 11.8 Å². The molecule has 0 aromatic heterocycles. The number of piperidine rings is 1. The first-order chi connectivity index (χ1) is 4.34. The van der Waals surface area contributed by atoms with Crippen molar-refractivity contribution >= 4 is 12.4 Å². The van der Waals surface area contributed by atoms with Crippen LogP contribution in [0.5, 0.6) is 0 Å². The maximum absolute atomic E-state index is 8.83. The van der Waals surface area contributed by atoms with Gasteiger partial charge in [-0.1, -0.05) is 6.92 Å². The Morgan fingerprint density at radius 2 is 2.30 bits per heavy atom. The van der Waals surface area contributed by atoms with E-state index in [1.54, 1.807) is 0 Å². The Morgan fingerprint density at radius 3 is 2.70 bits per heavy atom. The van der Waals surface area contributed by atoms with Gasteiger partial charge in [0.1, 0.15) is 0 Å². The largest absolute Gasteiger partial charge is 0.396 e. The minimum atomic E-state index is 0. The number of aliphatic hydroxyl groups is 1. The molecular weight excluding hydrogens is 150 g/mol. The molecule has 1 fully saturated rings. The summed E-state index contributed by atoms with van der Waals surface area (Å²) in [7, 11) is 0. The van der Waals surface area contributed by atoms with Crippen LogP contribution < -0.4 is 5.32 Å². The number of nitrogens with one attached hydrogen (secondary N) is 1. The Balaban J connectivity index is 0.000000810. The van der Waals surface area contributed by atoms with Gasteiger partial charge in [-0.2, -0.15) is 0 Å². The molecule has 1 heterocycles. The highest BCUT2D eigenvalue weighted by Crippen LogP contribution is 2.16. The molecule has 0 amide bonds. The van der Waals surface area contributed by atoms with Crippen LogP contribution in [-0.2, 0) is 0 Å². The number of hydrogen-bond acceptors (Lipinski definition) is 2. The monoisotopic (exact) mass is 165 g/mol. The highest BCUT2D eigenvalue weighted by molar-refractivity contribution is 5.85. The molecule has 0 radical (unpaired) electrons. The minimum absolute atomic E-state index is 0. The molecule has 0 aliphatic carbocycles. The summed E-state index contributed by atoms with van der Waals surface area (Å²) in [6.07, 6.45) is 1.14. The Kier molecular flexibility index (Phi) is 5.04. The molecule has 0 bridgehead atoms. The SMILES string of the molecule is C[C@@H]1CNCC[C@H]1CO.Cl. The first-order valence-corrected chi connectivity index (χ1v) is 3.66. The molecule has 2 nitrogen and oxygen atoms in total.